The van der Waals surface area contributed by atoms with E-state index in [1.54, 1.807) is 37.3 Å². The first kappa shape index (κ1) is 14.8. The lowest BCUT2D eigenvalue weighted by Crippen LogP contribution is -2.15. The Kier molecular flexibility index (Phi) is 4.29. The summed E-state index contributed by atoms with van der Waals surface area (Å²) in [6.07, 6.45) is 1.53. The number of ether oxygens (including phenoxy) is 1. The molecule has 0 unspecified atom stereocenters. The predicted molar refractivity (Wildman–Crippen MR) is 80.5 cm³/mol. The Balaban J connectivity index is 2.43. The molecule has 1 aromatic heterocycles. The van der Waals surface area contributed by atoms with E-state index in [1.165, 1.54) is 13.3 Å². The van der Waals surface area contributed by atoms with Gasteiger partial charge in [-0.2, -0.15) is 0 Å². The number of rotatable bonds is 4. The van der Waals surface area contributed by atoms with E-state index in [0.29, 0.717) is 15.7 Å². The molecule has 0 bridgehead atoms. The van der Waals surface area contributed by atoms with Crippen LogP contribution in [0.3, 0.4) is 0 Å². The lowest BCUT2D eigenvalue weighted by Gasteiger charge is -2.12. The van der Waals surface area contributed by atoms with Gasteiger partial charge in [0.1, 0.15) is 5.69 Å². The molecule has 5 nitrogen and oxygen atoms in total. The van der Waals surface area contributed by atoms with Crippen molar-refractivity contribution in [2.75, 3.05) is 11.8 Å². The summed E-state index contributed by atoms with van der Waals surface area (Å²) in [7, 11) is -2.26. The van der Waals surface area contributed by atoms with Crippen LogP contribution in [-0.2, 0) is 10.0 Å². The molecule has 1 heterocycles. The lowest BCUT2D eigenvalue weighted by molar-refractivity contribution is 0.400. The van der Waals surface area contributed by atoms with Crippen LogP contribution < -0.4 is 9.46 Å². The highest BCUT2D eigenvalue weighted by molar-refractivity contribution is 9.10. The molecule has 1 aromatic carbocycles. The van der Waals surface area contributed by atoms with Gasteiger partial charge in [-0.15, -0.1) is 0 Å². The molecule has 0 saturated heterocycles. The molecule has 1 N–H and O–H groups in total. The zero-order chi connectivity index (χ0) is 14.8. The van der Waals surface area contributed by atoms with Crippen molar-refractivity contribution in [3.63, 3.8) is 0 Å². The normalized spacial score (nSPS) is 11.2. The molecule has 20 heavy (non-hydrogen) atoms. The van der Waals surface area contributed by atoms with E-state index in [1.807, 2.05) is 0 Å². The second-order valence-electron chi connectivity index (χ2n) is 4.08. The molecule has 0 aliphatic carbocycles. The third-order valence-corrected chi connectivity index (χ3v) is 4.65. The standard InChI is InChI=1S/C13H13BrN2O3S/c1-9-5-6-10(14)8-12(9)20(17,18)16-11-4-3-7-15-13(11)19-2/h3-8,16H,1-2H3. The highest BCUT2D eigenvalue weighted by Gasteiger charge is 2.19. The van der Waals surface area contributed by atoms with E-state index in [-0.39, 0.29) is 10.8 Å². The van der Waals surface area contributed by atoms with Crippen molar-refractivity contribution >= 4 is 31.6 Å². The van der Waals surface area contributed by atoms with E-state index in [0.717, 1.165) is 0 Å². The van der Waals surface area contributed by atoms with Crippen LogP contribution in [0.15, 0.2) is 45.9 Å². The van der Waals surface area contributed by atoms with E-state index in [9.17, 15) is 8.42 Å². The van der Waals surface area contributed by atoms with Crippen molar-refractivity contribution in [3.05, 3.63) is 46.6 Å². The number of benzene rings is 1. The van der Waals surface area contributed by atoms with Crippen LogP contribution in [0.1, 0.15) is 5.56 Å². The summed E-state index contributed by atoms with van der Waals surface area (Å²) in [5.41, 5.74) is 0.956. The van der Waals surface area contributed by atoms with E-state index in [4.69, 9.17) is 4.74 Å². The second kappa shape index (κ2) is 5.80. The van der Waals surface area contributed by atoms with Gasteiger partial charge in [-0.05, 0) is 36.8 Å². The SMILES string of the molecule is COc1ncccc1NS(=O)(=O)c1cc(Br)ccc1C. The summed E-state index contributed by atoms with van der Waals surface area (Å²) in [5.74, 6) is 0.226. The summed E-state index contributed by atoms with van der Waals surface area (Å²) in [4.78, 5) is 4.16. The highest BCUT2D eigenvalue weighted by Crippen LogP contribution is 2.26. The molecule has 0 saturated carbocycles. The van der Waals surface area contributed by atoms with Gasteiger partial charge in [-0.1, -0.05) is 22.0 Å². The van der Waals surface area contributed by atoms with Crippen LogP contribution in [0.25, 0.3) is 0 Å². The molecule has 7 heteroatoms. The maximum absolute atomic E-state index is 12.4. The molecule has 0 aliphatic heterocycles. The van der Waals surface area contributed by atoms with Crippen molar-refractivity contribution < 1.29 is 13.2 Å². The number of nitrogens with zero attached hydrogens (tertiary/aromatic N) is 1. The highest BCUT2D eigenvalue weighted by atomic mass is 79.9. The maximum Gasteiger partial charge on any atom is 0.262 e. The molecule has 0 aliphatic rings. The number of aromatic nitrogens is 1. The van der Waals surface area contributed by atoms with Crippen LogP contribution in [0.4, 0.5) is 5.69 Å². The molecule has 106 valence electrons. The number of pyridine rings is 1. The van der Waals surface area contributed by atoms with Gasteiger partial charge in [0, 0.05) is 10.7 Å². The number of halogens is 1. The Morgan fingerprint density at radius 1 is 1.30 bits per heavy atom. The maximum atomic E-state index is 12.4. The quantitative estimate of drug-likeness (QED) is 0.914. The van der Waals surface area contributed by atoms with Gasteiger partial charge in [0.05, 0.1) is 12.0 Å². The van der Waals surface area contributed by atoms with Crippen molar-refractivity contribution in [2.24, 2.45) is 0 Å². The molecule has 0 amide bonds. The van der Waals surface area contributed by atoms with Crippen LogP contribution in [-0.4, -0.2) is 20.5 Å². The van der Waals surface area contributed by atoms with Gasteiger partial charge in [0.25, 0.3) is 10.0 Å². The Bertz CT molecular complexity index is 732. The molecule has 0 atom stereocenters. The average molecular weight is 357 g/mol. The second-order valence-corrected chi connectivity index (χ2v) is 6.64. The number of anilines is 1. The smallest absolute Gasteiger partial charge is 0.262 e. The molecular formula is C13H13BrN2O3S. The number of nitrogens with one attached hydrogen (secondary N) is 1. The average Bonchev–Trinajstić information content (AvgIpc) is 2.41. The summed E-state index contributed by atoms with van der Waals surface area (Å²) < 4.78 is 33.1. The van der Waals surface area contributed by atoms with Crippen molar-refractivity contribution in [1.29, 1.82) is 0 Å². The largest absolute Gasteiger partial charge is 0.480 e. The fourth-order valence-corrected chi connectivity index (χ4v) is 3.54. The first-order chi connectivity index (χ1) is 9.44. The first-order valence-corrected chi connectivity index (χ1v) is 7.99. The number of hydrogen-bond donors (Lipinski definition) is 1. The van der Waals surface area contributed by atoms with Gasteiger partial charge >= 0.3 is 0 Å². The van der Waals surface area contributed by atoms with Gasteiger partial charge < -0.3 is 4.74 Å². The Morgan fingerprint density at radius 3 is 2.75 bits per heavy atom. The van der Waals surface area contributed by atoms with Crippen molar-refractivity contribution in [3.8, 4) is 5.88 Å². The van der Waals surface area contributed by atoms with Crippen LogP contribution in [0, 0.1) is 6.92 Å². The fourth-order valence-electron chi connectivity index (χ4n) is 1.69. The lowest BCUT2D eigenvalue weighted by atomic mass is 10.2. The molecule has 2 rings (SSSR count). The van der Waals surface area contributed by atoms with Crippen LogP contribution >= 0.6 is 15.9 Å². The number of sulfonamides is 1. The summed E-state index contributed by atoms with van der Waals surface area (Å²) >= 11 is 3.27. The van der Waals surface area contributed by atoms with Crippen LogP contribution in [0.5, 0.6) is 5.88 Å². The van der Waals surface area contributed by atoms with E-state index < -0.39 is 10.0 Å². The van der Waals surface area contributed by atoms with E-state index in [2.05, 4.69) is 25.6 Å². The minimum absolute atomic E-state index is 0.206. The van der Waals surface area contributed by atoms with Crippen LogP contribution in [0.2, 0.25) is 0 Å². The third kappa shape index (κ3) is 3.10. The topological polar surface area (TPSA) is 68.3 Å². The Morgan fingerprint density at radius 2 is 2.05 bits per heavy atom. The van der Waals surface area contributed by atoms with E-state index >= 15 is 0 Å². The van der Waals surface area contributed by atoms with Gasteiger partial charge in [0.2, 0.25) is 5.88 Å². The van der Waals surface area contributed by atoms with Crippen molar-refractivity contribution in [2.45, 2.75) is 11.8 Å². The Hall–Kier alpha value is -1.60. The number of aryl methyl sites for hydroxylation is 1. The minimum Gasteiger partial charge on any atom is -0.480 e. The first-order valence-electron chi connectivity index (χ1n) is 5.72. The third-order valence-electron chi connectivity index (χ3n) is 2.65. The van der Waals surface area contributed by atoms with Crippen molar-refractivity contribution in [1.82, 2.24) is 4.98 Å². The Labute approximate surface area is 126 Å². The van der Waals surface area contributed by atoms with Gasteiger partial charge in [-0.25, -0.2) is 13.4 Å². The fraction of sp³-hybridized carbons (Fsp3) is 0.154. The summed E-state index contributed by atoms with van der Waals surface area (Å²) in [6, 6.07) is 8.31. The molecule has 0 radical (unpaired) electrons. The minimum atomic E-state index is -3.70. The number of hydrogen-bond acceptors (Lipinski definition) is 4. The zero-order valence-electron chi connectivity index (χ0n) is 10.9. The van der Waals surface area contributed by atoms with Gasteiger partial charge in [-0.3, -0.25) is 4.72 Å². The predicted octanol–water partition coefficient (Wildman–Crippen LogP) is 2.96. The molecule has 2 aromatic rings. The number of methoxy groups -OCH3 is 1. The zero-order valence-corrected chi connectivity index (χ0v) is 13.3. The van der Waals surface area contributed by atoms with Gasteiger partial charge in [0.15, 0.2) is 0 Å². The molecule has 0 spiro atoms. The summed E-state index contributed by atoms with van der Waals surface area (Å²) in [5, 5.41) is 0. The summed E-state index contributed by atoms with van der Waals surface area (Å²) in [6.45, 7) is 1.74. The molecular weight excluding hydrogens is 344 g/mol. The molecule has 0 fully saturated rings. The monoisotopic (exact) mass is 356 g/mol.